The van der Waals surface area contributed by atoms with E-state index in [1.807, 2.05) is 60.7 Å². The standard InChI is InChI=1S/C29H24O6/c30-23-11-12-26(28(32)15-23)29(33)17-27(31)22-13-24(34-18-20-7-3-1-4-8-20)16-25(14-22)35-19-21-9-5-2-6-10-21/h1-16,30,32H,17-19H2. The minimum Gasteiger partial charge on any atom is -0.508 e. The molecule has 35 heavy (non-hydrogen) atoms. The van der Waals surface area contributed by atoms with E-state index in [4.69, 9.17) is 9.47 Å². The van der Waals surface area contributed by atoms with E-state index in [0.29, 0.717) is 24.7 Å². The van der Waals surface area contributed by atoms with Crippen LogP contribution < -0.4 is 9.47 Å². The average molecular weight is 469 g/mol. The first-order chi connectivity index (χ1) is 17.0. The number of benzene rings is 4. The summed E-state index contributed by atoms with van der Waals surface area (Å²) in [5, 5.41) is 19.4. The lowest BCUT2D eigenvalue weighted by molar-refractivity contribution is 0.0892. The number of phenolic OH excluding ortho intramolecular Hbond substituents is 2. The highest BCUT2D eigenvalue weighted by Gasteiger charge is 2.19. The summed E-state index contributed by atoms with van der Waals surface area (Å²) in [5.74, 6) is -0.694. The van der Waals surface area contributed by atoms with Crippen molar-refractivity contribution in [1.82, 2.24) is 0 Å². The van der Waals surface area contributed by atoms with Crippen LogP contribution in [-0.4, -0.2) is 21.8 Å². The van der Waals surface area contributed by atoms with Crippen LogP contribution >= 0.6 is 0 Å². The van der Waals surface area contributed by atoms with E-state index in [1.54, 1.807) is 18.2 Å². The fourth-order valence-corrected chi connectivity index (χ4v) is 3.48. The normalized spacial score (nSPS) is 10.5. The van der Waals surface area contributed by atoms with Gasteiger partial charge in [0.2, 0.25) is 0 Å². The first-order valence-corrected chi connectivity index (χ1v) is 11.0. The van der Waals surface area contributed by atoms with Gasteiger partial charge in [0.15, 0.2) is 11.6 Å². The molecule has 4 aromatic rings. The van der Waals surface area contributed by atoms with Crippen molar-refractivity contribution in [2.24, 2.45) is 0 Å². The smallest absolute Gasteiger partial charge is 0.174 e. The first-order valence-electron chi connectivity index (χ1n) is 11.0. The Labute approximate surface area is 203 Å². The highest BCUT2D eigenvalue weighted by atomic mass is 16.5. The van der Waals surface area contributed by atoms with Crippen molar-refractivity contribution in [2.75, 3.05) is 0 Å². The monoisotopic (exact) mass is 468 g/mol. The second-order valence-corrected chi connectivity index (χ2v) is 7.97. The van der Waals surface area contributed by atoms with Crippen LogP contribution in [0.3, 0.4) is 0 Å². The van der Waals surface area contributed by atoms with Gasteiger partial charge in [-0.2, -0.15) is 0 Å². The molecule has 0 amide bonds. The summed E-state index contributed by atoms with van der Waals surface area (Å²) in [5.41, 5.74) is 2.15. The number of carbonyl (C=O) groups is 2. The Bertz CT molecular complexity index is 1250. The number of hydrogen-bond donors (Lipinski definition) is 2. The summed E-state index contributed by atoms with van der Waals surface area (Å²) in [4.78, 5) is 25.6. The largest absolute Gasteiger partial charge is 0.508 e. The number of hydrogen-bond acceptors (Lipinski definition) is 6. The molecule has 0 unspecified atom stereocenters. The Morgan fingerprint density at radius 2 is 1.17 bits per heavy atom. The topological polar surface area (TPSA) is 93.1 Å². The molecule has 0 aromatic heterocycles. The highest BCUT2D eigenvalue weighted by Crippen LogP contribution is 2.28. The number of ether oxygens (including phenoxy) is 2. The number of aromatic hydroxyl groups is 2. The third kappa shape index (κ3) is 6.48. The van der Waals surface area contributed by atoms with Crippen molar-refractivity contribution in [2.45, 2.75) is 19.6 Å². The number of Topliss-reactive ketones (excluding diaryl/α,β-unsaturated/α-hetero) is 2. The Morgan fingerprint density at radius 1 is 0.629 bits per heavy atom. The van der Waals surface area contributed by atoms with Crippen LogP contribution in [0.4, 0.5) is 0 Å². The molecule has 0 bridgehead atoms. The summed E-state index contributed by atoms with van der Waals surface area (Å²) in [6, 6.07) is 27.7. The van der Waals surface area contributed by atoms with E-state index in [2.05, 4.69) is 0 Å². The molecule has 176 valence electrons. The molecule has 2 N–H and O–H groups in total. The molecule has 4 aromatic carbocycles. The van der Waals surface area contributed by atoms with Gasteiger partial charge in [0.25, 0.3) is 0 Å². The number of phenols is 2. The van der Waals surface area contributed by atoms with E-state index in [1.165, 1.54) is 12.1 Å². The summed E-state index contributed by atoms with van der Waals surface area (Å²) in [6.45, 7) is 0.605. The van der Waals surface area contributed by atoms with Crippen molar-refractivity contribution in [3.63, 3.8) is 0 Å². The number of ketones is 2. The van der Waals surface area contributed by atoms with Crippen LogP contribution in [0.15, 0.2) is 97.1 Å². The predicted molar refractivity (Wildman–Crippen MR) is 131 cm³/mol. The molecule has 0 spiro atoms. The minimum atomic E-state index is -0.560. The van der Waals surface area contributed by atoms with Gasteiger partial charge in [-0.3, -0.25) is 9.59 Å². The maximum Gasteiger partial charge on any atom is 0.174 e. The van der Waals surface area contributed by atoms with E-state index in [9.17, 15) is 19.8 Å². The molecule has 0 fully saturated rings. The number of carbonyl (C=O) groups excluding carboxylic acids is 2. The van der Waals surface area contributed by atoms with Gasteiger partial charge in [-0.15, -0.1) is 0 Å². The second kappa shape index (κ2) is 11.0. The zero-order valence-electron chi connectivity index (χ0n) is 18.9. The summed E-state index contributed by atoms with van der Waals surface area (Å²) >= 11 is 0. The summed E-state index contributed by atoms with van der Waals surface area (Å²) < 4.78 is 11.8. The van der Waals surface area contributed by atoms with Gasteiger partial charge in [-0.05, 0) is 35.4 Å². The quantitative estimate of drug-likeness (QED) is 0.229. The van der Waals surface area contributed by atoms with Crippen LogP contribution in [0, 0.1) is 0 Å². The van der Waals surface area contributed by atoms with Crippen molar-refractivity contribution in [3.8, 4) is 23.0 Å². The zero-order valence-corrected chi connectivity index (χ0v) is 18.9. The maximum atomic E-state index is 13.0. The molecular weight excluding hydrogens is 444 g/mol. The Kier molecular flexibility index (Phi) is 7.43. The Hall–Kier alpha value is -4.58. The predicted octanol–water partition coefficient (Wildman–Crippen LogP) is 5.71. The molecule has 6 heteroatoms. The molecule has 0 atom stereocenters. The van der Waals surface area contributed by atoms with Gasteiger partial charge in [0.05, 0.1) is 12.0 Å². The van der Waals surface area contributed by atoms with Gasteiger partial charge in [0.1, 0.15) is 36.2 Å². The fraction of sp³-hybridized carbons (Fsp3) is 0.103. The minimum absolute atomic E-state index is 0.0341. The zero-order chi connectivity index (χ0) is 24.6. The van der Waals surface area contributed by atoms with E-state index >= 15 is 0 Å². The summed E-state index contributed by atoms with van der Waals surface area (Å²) in [6.07, 6.45) is -0.460. The molecule has 4 rings (SSSR count). The Balaban J connectivity index is 1.54. The van der Waals surface area contributed by atoms with Crippen LogP contribution in [0.25, 0.3) is 0 Å². The lowest BCUT2D eigenvalue weighted by atomic mass is 10.0. The van der Waals surface area contributed by atoms with Crippen molar-refractivity contribution in [1.29, 1.82) is 0 Å². The molecule has 0 saturated heterocycles. The second-order valence-electron chi connectivity index (χ2n) is 7.97. The van der Waals surface area contributed by atoms with E-state index < -0.39 is 18.0 Å². The molecular formula is C29H24O6. The third-order valence-electron chi connectivity index (χ3n) is 5.30. The van der Waals surface area contributed by atoms with Crippen molar-refractivity contribution < 1.29 is 29.3 Å². The van der Waals surface area contributed by atoms with Gasteiger partial charge in [0, 0.05) is 17.7 Å². The van der Waals surface area contributed by atoms with Crippen LogP contribution in [0.2, 0.25) is 0 Å². The first kappa shape index (κ1) is 23.6. The van der Waals surface area contributed by atoms with E-state index in [0.717, 1.165) is 17.2 Å². The third-order valence-corrected chi connectivity index (χ3v) is 5.30. The molecule has 0 aliphatic rings. The molecule has 0 aliphatic heterocycles. The lowest BCUT2D eigenvalue weighted by Crippen LogP contribution is -2.10. The number of rotatable bonds is 10. The lowest BCUT2D eigenvalue weighted by Gasteiger charge is -2.13. The molecule has 0 aliphatic carbocycles. The van der Waals surface area contributed by atoms with E-state index in [-0.39, 0.29) is 22.6 Å². The molecule has 6 nitrogen and oxygen atoms in total. The van der Waals surface area contributed by atoms with Crippen LogP contribution in [0.1, 0.15) is 38.3 Å². The highest BCUT2D eigenvalue weighted by molar-refractivity contribution is 6.14. The van der Waals surface area contributed by atoms with Gasteiger partial charge < -0.3 is 19.7 Å². The molecule has 0 saturated carbocycles. The van der Waals surface area contributed by atoms with Crippen LogP contribution in [0.5, 0.6) is 23.0 Å². The SMILES string of the molecule is O=C(CC(=O)c1ccc(O)cc1O)c1cc(OCc2ccccc2)cc(OCc2ccccc2)c1. The average Bonchev–Trinajstić information content (AvgIpc) is 2.87. The Morgan fingerprint density at radius 3 is 1.69 bits per heavy atom. The molecule has 0 heterocycles. The molecule has 0 radical (unpaired) electrons. The van der Waals surface area contributed by atoms with Crippen LogP contribution in [-0.2, 0) is 13.2 Å². The van der Waals surface area contributed by atoms with Crippen molar-refractivity contribution in [3.05, 3.63) is 119 Å². The van der Waals surface area contributed by atoms with Crippen molar-refractivity contribution >= 4 is 11.6 Å². The summed E-state index contributed by atoms with van der Waals surface area (Å²) in [7, 11) is 0. The van der Waals surface area contributed by atoms with Gasteiger partial charge in [-0.25, -0.2) is 0 Å². The maximum absolute atomic E-state index is 13.0. The van der Waals surface area contributed by atoms with Gasteiger partial charge >= 0.3 is 0 Å². The fourth-order valence-electron chi connectivity index (χ4n) is 3.48. The van der Waals surface area contributed by atoms with Gasteiger partial charge in [-0.1, -0.05) is 60.7 Å².